The Morgan fingerprint density at radius 3 is 2.52 bits per heavy atom. The predicted molar refractivity (Wildman–Crippen MR) is 78.9 cm³/mol. The maximum Gasteiger partial charge on any atom is 0.255 e. The van der Waals surface area contributed by atoms with Gasteiger partial charge in [0.25, 0.3) is 5.91 Å². The summed E-state index contributed by atoms with van der Waals surface area (Å²) < 4.78 is 19.4. The van der Waals surface area contributed by atoms with Crippen LogP contribution in [0.3, 0.4) is 0 Å². The minimum Gasteiger partial charge on any atom is -0.484 e. The van der Waals surface area contributed by atoms with Crippen LogP contribution in [0.15, 0.2) is 46.9 Å². The van der Waals surface area contributed by atoms with E-state index in [1.54, 1.807) is 24.3 Å². The number of primary amides is 1. The van der Waals surface area contributed by atoms with Crippen LogP contribution in [0.1, 0.15) is 20.7 Å². The normalized spacial score (nSPS) is 10.2. The molecule has 0 radical (unpaired) electrons. The largest absolute Gasteiger partial charge is 0.484 e. The molecule has 0 aliphatic heterocycles. The lowest BCUT2D eigenvalue weighted by Crippen LogP contribution is -2.18. The molecule has 6 heteroatoms. The predicted octanol–water partition coefficient (Wildman–Crippen LogP) is 2.95. The highest BCUT2D eigenvalue weighted by Gasteiger charge is 2.17. The van der Waals surface area contributed by atoms with Crippen LogP contribution in [0.4, 0.5) is 4.39 Å². The zero-order valence-corrected chi connectivity index (χ0v) is 12.4. The topological polar surface area (TPSA) is 69.4 Å². The number of hydrogen-bond acceptors (Lipinski definition) is 3. The van der Waals surface area contributed by atoms with Gasteiger partial charge in [-0.2, -0.15) is 0 Å². The Morgan fingerprint density at radius 1 is 1.14 bits per heavy atom. The van der Waals surface area contributed by atoms with Crippen molar-refractivity contribution in [2.75, 3.05) is 6.61 Å². The Balaban J connectivity index is 2.18. The third-order valence-corrected chi connectivity index (χ3v) is 3.45. The molecule has 2 aromatic rings. The smallest absolute Gasteiger partial charge is 0.255 e. The average molecular weight is 352 g/mol. The Bertz CT molecular complexity index is 703. The first-order valence-electron chi connectivity index (χ1n) is 5.99. The molecule has 4 nitrogen and oxygen atoms in total. The number of hydrogen-bond donors (Lipinski definition) is 1. The van der Waals surface area contributed by atoms with Gasteiger partial charge in [-0.15, -0.1) is 0 Å². The van der Waals surface area contributed by atoms with E-state index in [2.05, 4.69) is 15.9 Å². The molecule has 21 heavy (non-hydrogen) atoms. The van der Waals surface area contributed by atoms with Crippen molar-refractivity contribution in [2.45, 2.75) is 0 Å². The highest BCUT2D eigenvalue weighted by molar-refractivity contribution is 9.10. The van der Waals surface area contributed by atoms with Crippen LogP contribution in [0.25, 0.3) is 0 Å². The summed E-state index contributed by atoms with van der Waals surface area (Å²) in [5.41, 5.74) is 5.18. The van der Waals surface area contributed by atoms with Crippen LogP contribution in [0.2, 0.25) is 0 Å². The van der Waals surface area contributed by atoms with Crippen molar-refractivity contribution in [3.8, 4) is 5.75 Å². The third kappa shape index (κ3) is 3.46. The van der Waals surface area contributed by atoms with Gasteiger partial charge >= 0.3 is 0 Å². The summed E-state index contributed by atoms with van der Waals surface area (Å²) in [5, 5.41) is 0. The van der Waals surface area contributed by atoms with Gasteiger partial charge < -0.3 is 10.5 Å². The first-order chi connectivity index (χ1) is 10.0. The van der Waals surface area contributed by atoms with Gasteiger partial charge in [-0.05, 0) is 18.2 Å². The maximum atomic E-state index is 13.5. The lowest BCUT2D eigenvalue weighted by atomic mass is 10.1. The molecule has 2 N–H and O–H groups in total. The van der Waals surface area contributed by atoms with Gasteiger partial charge in [-0.1, -0.05) is 40.2 Å². The molecule has 0 aliphatic carbocycles. The molecule has 0 aliphatic rings. The molecule has 0 fully saturated rings. The number of benzene rings is 2. The first-order valence-corrected chi connectivity index (χ1v) is 6.79. The second kappa shape index (κ2) is 6.49. The Kier molecular flexibility index (Phi) is 4.70. The van der Waals surface area contributed by atoms with Crippen LogP contribution < -0.4 is 10.5 Å². The zero-order valence-electron chi connectivity index (χ0n) is 10.8. The van der Waals surface area contributed by atoms with Crippen molar-refractivity contribution in [1.29, 1.82) is 0 Å². The fraction of sp³-hybridized carbons (Fsp3) is 0.0667. The quantitative estimate of drug-likeness (QED) is 0.842. The lowest BCUT2D eigenvalue weighted by Gasteiger charge is -2.10. The second-order valence-corrected chi connectivity index (χ2v) is 5.02. The lowest BCUT2D eigenvalue weighted by molar-refractivity contribution is 0.0910. The van der Waals surface area contributed by atoms with E-state index in [-0.39, 0.29) is 23.7 Å². The van der Waals surface area contributed by atoms with Gasteiger partial charge in [0.1, 0.15) is 17.1 Å². The summed E-state index contributed by atoms with van der Waals surface area (Å²) in [4.78, 5) is 23.3. The minimum absolute atomic E-state index is 0.0529. The van der Waals surface area contributed by atoms with Crippen LogP contribution in [0.5, 0.6) is 5.75 Å². The van der Waals surface area contributed by atoms with Gasteiger partial charge in [0.2, 0.25) is 5.78 Å². The SMILES string of the molecule is NC(=O)c1c(F)cccc1OCC(=O)c1ccccc1Br. The van der Waals surface area contributed by atoms with Crippen LogP contribution in [-0.4, -0.2) is 18.3 Å². The minimum atomic E-state index is -0.948. The molecular formula is C15H11BrFNO3. The number of rotatable bonds is 5. The Hall–Kier alpha value is -2.21. The van der Waals surface area contributed by atoms with E-state index in [9.17, 15) is 14.0 Å². The summed E-state index contributed by atoms with van der Waals surface area (Å²) in [6.45, 7) is -0.327. The monoisotopic (exact) mass is 351 g/mol. The molecule has 2 rings (SSSR count). The molecule has 2 aromatic carbocycles. The Morgan fingerprint density at radius 2 is 1.86 bits per heavy atom. The van der Waals surface area contributed by atoms with E-state index in [1.165, 1.54) is 12.1 Å². The van der Waals surface area contributed by atoms with Crippen LogP contribution in [-0.2, 0) is 0 Å². The van der Waals surface area contributed by atoms with E-state index in [1.807, 2.05) is 0 Å². The van der Waals surface area contributed by atoms with Crippen molar-refractivity contribution in [2.24, 2.45) is 5.73 Å². The number of Topliss-reactive ketones (excluding diaryl/α,β-unsaturated/α-hetero) is 1. The van der Waals surface area contributed by atoms with Gasteiger partial charge in [0.15, 0.2) is 6.61 Å². The molecule has 1 amide bonds. The summed E-state index contributed by atoms with van der Waals surface area (Å²) in [5.74, 6) is -2.09. The summed E-state index contributed by atoms with van der Waals surface area (Å²) >= 11 is 3.26. The number of ketones is 1. The number of ether oxygens (including phenoxy) is 1. The number of halogens is 2. The van der Waals surface area contributed by atoms with Crippen LogP contribution in [0, 0.1) is 5.82 Å². The van der Waals surface area contributed by atoms with Gasteiger partial charge in [-0.3, -0.25) is 9.59 Å². The molecule has 0 atom stereocenters. The standard InChI is InChI=1S/C15H11BrFNO3/c16-10-5-2-1-4-9(10)12(19)8-21-13-7-3-6-11(17)14(13)15(18)20/h1-7H,8H2,(H2,18,20). The molecule has 0 heterocycles. The van der Waals surface area contributed by atoms with Crippen molar-refractivity contribution in [1.82, 2.24) is 0 Å². The van der Waals surface area contributed by atoms with E-state index in [0.29, 0.717) is 10.0 Å². The fourth-order valence-electron chi connectivity index (χ4n) is 1.77. The third-order valence-electron chi connectivity index (χ3n) is 2.75. The summed E-state index contributed by atoms with van der Waals surface area (Å²) in [6, 6.07) is 10.7. The van der Waals surface area contributed by atoms with Crippen LogP contribution >= 0.6 is 15.9 Å². The molecule has 108 valence electrons. The number of carbonyl (C=O) groups excluding carboxylic acids is 2. The Labute approximate surface area is 128 Å². The summed E-state index contributed by atoms with van der Waals surface area (Å²) in [6.07, 6.45) is 0. The molecule has 0 saturated carbocycles. The highest BCUT2D eigenvalue weighted by Crippen LogP contribution is 2.22. The molecule has 0 spiro atoms. The molecule has 0 saturated heterocycles. The number of amides is 1. The van der Waals surface area contributed by atoms with E-state index >= 15 is 0 Å². The van der Waals surface area contributed by atoms with Gasteiger partial charge in [-0.25, -0.2) is 4.39 Å². The molecule has 0 unspecified atom stereocenters. The van der Waals surface area contributed by atoms with Gasteiger partial charge in [0.05, 0.1) is 0 Å². The number of nitrogens with two attached hydrogens (primary N) is 1. The van der Waals surface area contributed by atoms with Gasteiger partial charge in [0, 0.05) is 10.0 Å². The zero-order chi connectivity index (χ0) is 15.4. The van der Waals surface area contributed by atoms with Crippen molar-refractivity contribution < 1.29 is 18.7 Å². The van der Waals surface area contributed by atoms with Crippen molar-refractivity contribution in [3.63, 3.8) is 0 Å². The average Bonchev–Trinajstić information content (AvgIpc) is 2.44. The maximum absolute atomic E-state index is 13.5. The molecular weight excluding hydrogens is 341 g/mol. The van der Waals surface area contributed by atoms with E-state index in [4.69, 9.17) is 10.5 Å². The first kappa shape index (κ1) is 15.2. The highest BCUT2D eigenvalue weighted by atomic mass is 79.9. The number of carbonyl (C=O) groups is 2. The molecule has 0 bridgehead atoms. The summed E-state index contributed by atoms with van der Waals surface area (Å²) in [7, 11) is 0. The van der Waals surface area contributed by atoms with Crippen molar-refractivity contribution in [3.05, 3.63) is 63.9 Å². The molecule has 0 aromatic heterocycles. The van der Waals surface area contributed by atoms with Crippen molar-refractivity contribution >= 4 is 27.6 Å². The second-order valence-electron chi connectivity index (χ2n) is 4.17. The fourth-order valence-corrected chi connectivity index (χ4v) is 2.28. The van der Waals surface area contributed by atoms with E-state index in [0.717, 1.165) is 6.07 Å². The van der Waals surface area contributed by atoms with E-state index < -0.39 is 11.7 Å².